The molecule has 0 bridgehead atoms. The van der Waals surface area contributed by atoms with Gasteiger partial charge in [-0.25, -0.2) is 0 Å². The van der Waals surface area contributed by atoms with Crippen LogP contribution < -0.4 is 4.74 Å². The number of ether oxygens (including phenoxy) is 1. The molecule has 0 spiro atoms. The minimum atomic E-state index is -0.517. The second-order valence-corrected chi connectivity index (χ2v) is 8.43. The van der Waals surface area contributed by atoms with Crippen LogP contribution in [0.2, 0.25) is 0 Å². The Morgan fingerprint density at radius 2 is 1.35 bits per heavy atom. The monoisotopic (exact) mass is 440 g/mol. The molecule has 0 saturated heterocycles. The molecule has 1 aliphatic rings. The van der Waals surface area contributed by atoms with Crippen LogP contribution in [0.1, 0.15) is 23.1 Å². The zero-order valence-corrected chi connectivity index (χ0v) is 19.2. The zero-order valence-electron chi connectivity index (χ0n) is 19.2. The van der Waals surface area contributed by atoms with Crippen molar-refractivity contribution in [3.05, 3.63) is 162 Å². The Labute approximate surface area is 202 Å². The van der Waals surface area contributed by atoms with E-state index in [2.05, 4.69) is 128 Å². The van der Waals surface area contributed by atoms with Gasteiger partial charge in [0.2, 0.25) is 0 Å². The molecular formula is C33H28O. The molecule has 1 nitrogen and oxygen atoms in total. The second-order valence-electron chi connectivity index (χ2n) is 8.43. The third kappa shape index (κ3) is 3.80. The molecule has 0 radical (unpaired) electrons. The van der Waals surface area contributed by atoms with Crippen LogP contribution in [0.15, 0.2) is 146 Å². The van der Waals surface area contributed by atoms with Gasteiger partial charge in [-0.15, -0.1) is 0 Å². The summed E-state index contributed by atoms with van der Waals surface area (Å²) < 4.78 is 6.51. The third-order valence-electron chi connectivity index (χ3n) is 6.47. The molecule has 166 valence electrons. The normalized spacial score (nSPS) is 12.9. The van der Waals surface area contributed by atoms with E-state index >= 15 is 0 Å². The van der Waals surface area contributed by atoms with E-state index in [1.807, 2.05) is 12.1 Å². The van der Waals surface area contributed by atoms with Crippen LogP contribution in [0.4, 0.5) is 0 Å². The van der Waals surface area contributed by atoms with Gasteiger partial charge in [0.05, 0.1) is 5.41 Å². The predicted molar refractivity (Wildman–Crippen MR) is 142 cm³/mol. The van der Waals surface area contributed by atoms with E-state index < -0.39 is 5.41 Å². The van der Waals surface area contributed by atoms with E-state index in [-0.39, 0.29) is 0 Å². The van der Waals surface area contributed by atoms with Crippen LogP contribution >= 0.6 is 0 Å². The van der Waals surface area contributed by atoms with E-state index in [9.17, 15) is 0 Å². The van der Waals surface area contributed by atoms with Crippen molar-refractivity contribution < 1.29 is 4.74 Å². The fourth-order valence-electron chi connectivity index (χ4n) is 5.05. The number of benzene rings is 4. The van der Waals surface area contributed by atoms with Crippen molar-refractivity contribution in [3.8, 4) is 16.9 Å². The van der Waals surface area contributed by atoms with E-state index in [0.717, 1.165) is 28.9 Å². The minimum absolute atomic E-state index is 0.436. The quantitative estimate of drug-likeness (QED) is 0.198. The average molecular weight is 441 g/mol. The van der Waals surface area contributed by atoms with Gasteiger partial charge in [-0.1, -0.05) is 140 Å². The highest BCUT2D eigenvalue weighted by molar-refractivity contribution is 5.76. The number of hydrogen-bond donors (Lipinski definition) is 0. The molecule has 4 aromatic rings. The molecule has 0 aromatic heterocycles. The van der Waals surface area contributed by atoms with E-state index in [4.69, 9.17) is 4.74 Å². The standard InChI is InChI=1S/C33H28O/c1-2-25-34-32-30(26-15-6-3-7-16-26)23-14-24-31(32)33(29-21-12-13-22-29,27-17-8-4-9-18-27)28-19-10-5-11-20-28/h2-12,14-24H,1,13,25H2. The van der Waals surface area contributed by atoms with Crippen molar-refractivity contribution in [2.24, 2.45) is 0 Å². The molecule has 0 amide bonds. The highest BCUT2D eigenvalue weighted by Gasteiger charge is 2.42. The molecular weight excluding hydrogens is 412 g/mol. The van der Waals surface area contributed by atoms with Crippen LogP contribution in [0.3, 0.4) is 0 Å². The molecule has 0 aliphatic heterocycles. The molecule has 0 N–H and O–H groups in total. The molecule has 0 atom stereocenters. The van der Waals surface area contributed by atoms with Crippen molar-refractivity contribution in [1.29, 1.82) is 0 Å². The summed E-state index contributed by atoms with van der Waals surface area (Å²) in [4.78, 5) is 0. The SMILES string of the molecule is C=CCOc1c(-c2ccccc2)cccc1C(C1=CCC=C1)(c1ccccc1)c1ccccc1. The smallest absolute Gasteiger partial charge is 0.132 e. The molecule has 4 aromatic carbocycles. The van der Waals surface area contributed by atoms with E-state index in [1.165, 1.54) is 16.7 Å². The Bertz CT molecular complexity index is 1280. The van der Waals surface area contributed by atoms with Crippen molar-refractivity contribution in [3.63, 3.8) is 0 Å². The highest BCUT2D eigenvalue weighted by Crippen LogP contribution is 2.52. The fraction of sp³-hybridized carbons (Fsp3) is 0.0909. The molecule has 0 saturated carbocycles. The van der Waals surface area contributed by atoms with Crippen LogP contribution in [0.5, 0.6) is 5.75 Å². The van der Waals surface area contributed by atoms with Gasteiger partial charge in [0.1, 0.15) is 12.4 Å². The molecule has 5 rings (SSSR count). The first-order valence-electron chi connectivity index (χ1n) is 11.8. The van der Waals surface area contributed by atoms with Gasteiger partial charge in [0.25, 0.3) is 0 Å². The highest BCUT2D eigenvalue weighted by atomic mass is 16.5. The first-order valence-corrected chi connectivity index (χ1v) is 11.8. The van der Waals surface area contributed by atoms with Crippen molar-refractivity contribution in [2.75, 3.05) is 6.61 Å². The van der Waals surface area contributed by atoms with Gasteiger partial charge in [0, 0.05) is 11.1 Å². The van der Waals surface area contributed by atoms with Gasteiger partial charge >= 0.3 is 0 Å². The summed E-state index contributed by atoms with van der Waals surface area (Å²) in [5.74, 6) is 0.891. The Morgan fingerprint density at radius 1 is 0.735 bits per heavy atom. The number of para-hydroxylation sites is 1. The van der Waals surface area contributed by atoms with Crippen LogP contribution in [-0.4, -0.2) is 6.61 Å². The number of allylic oxidation sites excluding steroid dienone is 4. The topological polar surface area (TPSA) is 9.23 Å². The van der Waals surface area contributed by atoms with Crippen molar-refractivity contribution in [1.82, 2.24) is 0 Å². The Morgan fingerprint density at radius 3 is 1.91 bits per heavy atom. The van der Waals surface area contributed by atoms with Crippen molar-refractivity contribution >= 4 is 0 Å². The molecule has 0 fully saturated rings. The lowest BCUT2D eigenvalue weighted by atomic mass is 9.64. The molecule has 1 aliphatic carbocycles. The number of hydrogen-bond acceptors (Lipinski definition) is 1. The number of rotatable bonds is 8. The van der Waals surface area contributed by atoms with Crippen LogP contribution in [0.25, 0.3) is 11.1 Å². The maximum atomic E-state index is 6.51. The first-order chi connectivity index (χ1) is 16.9. The van der Waals surface area contributed by atoms with Crippen LogP contribution in [0, 0.1) is 0 Å². The Balaban J connectivity index is 1.90. The molecule has 0 unspecified atom stereocenters. The molecule has 0 heterocycles. The third-order valence-corrected chi connectivity index (χ3v) is 6.47. The van der Waals surface area contributed by atoms with Gasteiger partial charge < -0.3 is 4.74 Å². The summed E-state index contributed by atoms with van der Waals surface area (Å²) in [6.45, 7) is 4.35. The molecule has 34 heavy (non-hydrogen) atoms. The fourth-order valence-corrected chi connectivity index (χ4v) is 5.05. The van der Waals surface area contributed by atoms with Gasteiger partial charge in [-0.05, 0) is 28.7 Å². The lowest BCUT2D eigenvalue weighted by Crippen LogP contribution is -2.32. The summed E-state index contributed by atoms with van der Waals surface area (Å²) in [5, 5.41) is 0. The van der Waals surface area contributed by atoms with Gasteiger partial charge in [-0.2, -0.15) is 0 Å². The Hall–Kier alpha value is -4.10. The predicted octanol–water partition coefficient (Wildman–Crippen LogP) is 8.14. The summed E-state index contributed by atoms with van der Waals surface area (Å²) in [7, 11) is 0. The summed E-state index contributed by atoms with van der Waals surface area (Å²) >= 11 is 0. The Kier molecular flexibility index (Phi) is 6.27. The zero-order chi connectivity index (χ0) is 23.2. The summed E-state index contributed by atoms with van der Waals surface area (Å²) in [6, 6.07) is 38.6. The van der Waals surface area contributed by atoms with Gasteiger partial charge in [0.15, 0.2) is 0 Å². The summed E-state index contributed by atoms with van der Waals surface area (Å²) in [6.07, 6.45) is 9.59. The molecule has 1 heteroatoms. The first kappa shape index (κ1) is 21.7. The lowest BCUT2D eigenvalue weighted by molar-refractivity contribution is 0.357. The van der Waals surface area contributed by atoms with E-state index in [0.29, 0.717) is 6.61 Å². The lowest BCUT2D eigenvalue weighted by Gasteiger charge is -2.38. The van der Waals surface area contributed by atoms with Crippen molar-refractivity contribution in [2.45, 2.75) is 11.8 Å². The maximum absolute atomic E-state index is 6.51. The summed E-state index contributed by atoms with van der Waals surface area (Å²) in [5.41, 5.74) is 6.52. The van der Waals surface area contributed by atoms with E-state index in [1.54, 1.807) is 0 Å². The maximum Gasteiger partial charge on any atom is 0.132 e. The second kappa shape index (κ2) is 9.80. The minimum Gasteiger partial charge on any atom is -0.489 e. The van der Waals surface area contributed by atoms with Gasteiger partial charge in [-0.3, -0.25) is 0 Å². The largest absolute Gasteiger partial charge is 0.489 e. The van der Waals surface area contributed by atoms with Crippen LogP contribution in [-0.2, 0) is 5.41 Å². The average Bonchev–Trinajstić information content (AvgIpc) is 3.45.